The van der Waals surface area contributed by atoms with Crippen molar-refractivity contribution in [3.63, 3.8) is 0 Å². The number of ether oxygens (including phenoxy) is 1. The van der Waals surface area contributed by atoms with Gasteiger partial charge in [0, 0.05) is 50.1 Å². The lowest BCUT2D eigenvalue weighted by atomic mass is 10.0. The number of piperazine rings is 1. The number of methoxy groups -OCH3 is 1. The van der Waals surface area contributed by atoms with Crippen molar-refractivity contribution in [3.05, 3.63) is 22.4 Å². The zero-order valence-electron chi connectivity index (χ0n) is 16.6. The van der Waals surface area contributed by atoms with Gasteiger partial charge in [0.15, 0.2) is 5.11 Å². The second-order valence-electron chi connectivity index (χ2n) is 7.33. The van der Waals surface area contributed by atoms with Crippen molar-refractivity contribution >= 4 is 40.5 Å². The van der Waals surface area contributed by atoms with Gasteiger partial charge in [0.05, 0.1) is 19.2 Å². The molecule has 2 aliphatic heterocycles. The average molecular weight is 440 g/mol. The number of thiophene rings is 1. The number of carbonyl (C=O) groups excluding carboxylic acids is 2. The number of carbonyl (C=O) groups is 2. The summed E-state index contributed by atoms with van der Waals surface area (Å²) in [6.45, 7) is 3.12. The smallest absolute Gasteiger partial charge is 0.237 e. The Balaban J connectivity index is 1.45. The van der Waals surface area contributed by atoms with E-state index in [1.807, 2.05) is 17.5 Å². The summed E-state index contributed by atoms with van der Waals surface area (Å²) < 4.78 is 5.01. The van der Waals surface area contributed by atoms with Crippen LogP contribution in [0.1, 0.15) is 24.1 Å². The van der Waals surface area contributed by atoms with E-state index >= 15 is 0 Å². The van der Waals surface area contributed by atoms with E-state index in [0.29, 0.717) is 44.2 Å². The van der Waals surface area contributed by atoms with Gasteiger partial charge in [-0.05, 0) is 36.5 Å². The van der Waals surface area contributed by atoms with Gasteiger partial charge in [0.25, 0.3) is 0 Å². The normalized spacial score (nSPS) is 23.9. The number of rotatable bonds is 9. The number of fused-ring (bicyclic) bond motifs is 1. The predicted octanol–water partition coefficient (Wildman–Crippen LogP) is 0.196. The van der Waals surface area contributed by atoms with Gasteiger partial charge in [-0.3, -0.25) is 14.5 Å². The lowest BCUT2D eigenvalue weighted by Crippen LogP contribution is -2.58. The average Bonchev–Trinajstić information content (AvgIpc) is 3.36. The van der Waals surface area contributed by atoms with Crippen molar-refractivity contribution in [3.8, 4) is 0 Å². The fraction of sp³-hybridized carbons (Fsp3) is 0.632. The maximum absolute atomic E-state index is 12.3. The Morgan fingerprint density at radius 2 is 2.31 bits per heavy atom. The van der Waals surface area contributed by atoms with Gasteiger partial charge < -0.3 is 26.0 Å². The largest absolute Gasteiger partial charge is 0.383 e. The first-order chi connectivity index (χ1) is 14.1. The van der Waals surface area contributed by atoms with Crippen LogP contribution in [0.5, 0.6) is 0 Å². The number of hydrogen-bond donors (Lipinski definition) is 4. The van der Waals surface area contributed by atoms with Crippen LogP contribution >= 0.6 is 23.6 Å². The molecule has 3 rings (SSSR count). The van der Waals surface area contributed by atoms with Crippen LogP contribution in [-0.4, -0.2) is 73.3 Å². The quantitative estimate of drug-likeness (QED) is 0.322. The van der Waals surface area contributed by atoms with Crippen molar-refractivity contribution in [2.75, 3.05) is 33.4 Å². The molecule has 29 heavy (non-hydrogen) atoms. The third-order valence-electron chi connectivity index (χ3n) is 5.29. The minimum absolute atomic E-state index is 0.0456. The zero-order chi connectivity index (χ0) is 20.6. The van der Waals surface area contributed by atoms with Crippen molar-refractivity contribution in [2.45, 2.75) is 43.9 Å². The molecule has 2 saturated heterocycles. The highest BCUT2D eigenvalue weighted by atomic mass is 32.1. The maximum atomic E-state index is 12.3. The number of nitrogens with zero attached hydrogens (tertiary/aromatic N) is 1. The lowest BCUT2D eigenvalue weighted by Gasteiger charge is -2.37. The van der Waals surface area contributed by atoms with E-state index in [1.54, 1.807) is 18.4 Å². The van der Waals surface area contributed by atoms with Crippen molar-refractivity contribution in [1.82, 2.24) is 26.2 Å². The summed E-state index contributed by atoms with van der Waals surface area (Å²) >= 11 is 6.96. The Bertz CT molecular complexity index is 700. The first-order valence-electron chi connectivity index (χ1n) is 9.92. The molecule has 0 unspecified atom stereocenters. The number of thiocarbonyl (C=S) groups is 1. The van der Waals surface area contributed by atoms with E-state index in [1.165, 1.54) is 0 Å². The molecule has 160 valence electrons. The van der Waals surface area contributed by atoms with Gasteiger partial charge in [-0.15, -0.1) is 11.3 Å². The molecule has 4 N–H and O–H groups in total. The highest BCUT2D eigenvalue weighted by molar-refractivity contribution is 7.80. The molecule has 8 nitrogen and oxygen atoms in total. The number of hydrogen-bond acceptors (Lipinski definition) is 6. The monoisotopic (exact) mass is 439 g/mol. The topological polar surface area (TPSA) is 94.7 Å². The SMILES string of the molecule is COCCNC(=S)N[C@@H]1C[C@H]2C(=O)NC[C@@H](CCC(=O)NCc3cccs3)N2C1. The third kappa shape index (κ3) is 6.36. The summed E-state index contributed by atoms with van der Waals surface area (Å²) in [5, 5.41) is 15.0. The molecule has 10 heteroatoms. The Morgan fingerprint density at radius 3 is 3.07 bits per heavy atom. The van der Waals surface area contributed by atoms with Gasteiger partial charge in [-0.25, -0.2) is 0 Å². The van der Waals surface area contributed by atoms with E-state index in [9.17, 15) is 9.59 Å². The molecular weight excluding hydrogens is 410 g/mol. The molecule has 0 bridgehead atoms. The van der Waals surface area contributed by atoms with E-state index in [2.05, 4.69) is 26.2 Å². The maximum Gasteiger partial charge on any atom is 0.237 e. The molecule has 0 spiro atoms. The van der Waals surface area contributed by atoms with E-state index in [4.69, 9.17) is 17.0 Å². The fourth-order valence-electron chi connectivity index (χ4n) is 3.84. The summed E-state index contributed by atoms with van der Waals surface area (Å²) in [7, 11) is 1.65. The van der Waals surface area contributed by atoms with Crippen LogP contribution in [0.2, 0.25) is 0 Å². The minimum atomic E-state index is -0.165. The lowest BCUT2D eigenvalue weighted by molar-refractivity contribution is -0.129. The minimum Gasteiger partial charge on any atom is -0.383 e. The van der Waals surface area contributed by atoms with E-state index < -0.39 is 0 Å². The highest BCUT2D eigenvalue weighted by Crippen LogP contribution is 2.25. The molecule has 1 aromatic heterocycles. The molecule has 3 atom stereocenters. The van der Waals surface area contributed by atoms with Gasteiger partial charge in [0.1, 0.15) is 0 Å². The number of amides is 2. The molecule has 0 radical (unpaired) electrons. The van der Waals surface area contributed by atoms with Crippen LogP contribution in [-0.2, 0) is 20.9 Å². The molecule has 2 fully saturated rings. The Morgan fingerprint density at radius 1 is 1.45 bits per heavy atom. The van der Waals surface area contributed by atoms with Gasteiger partial charge in [0.2, 0.25) is 11.8 Å². The molecule has 2 aliphatic rings. The fourth-order valence-corrected chi connectivity index (χ4v) is 4.75. The van der Waals surface area contributed by atoms with Crippen molar-refractivity contribution in [2.24, 2.45) is 0 Å². The summed E-state index contributed by atoms with van der Waals surface area (Å²) in [4.78, 5) is 27.9. The second-order valence-corrected chi connectivity index (χ2v) is 8.77. The van der Waals surface area contributed by atoms with E-state index in [-0.39, 0.29) is 29.9 Å². The van der Waals surface area contributed by atoms with Gasteiger partial charge in [-0.2, -0.15) is 0 Å². The Labute approximate surface area is 180 Å². The second kappa shape index (κ2) is 10.9. The standard InChI is InChI=1S/C19H29N5O3S2/c1-27-7-6-20-19(28)23-13-9-16-18(26)22-10-14(24(16)12-13)4-5-17(25)21-11-15-3-2-8-29-15/h2-3,8,13-14,16H,4-7,9-12H2,1H3,(H,21,25)(H,22,26)(H2,20,23,28)/t13-,14-,16+/m1/s1. The molecule has 0 saturated carbocycles. The van der Waals surface area contributed by atoms with Crippen LogP contribution in [0, 0.1) is 0 Å². The molecule has 2 amide bonds. The highest BCUT2D eigenvalue weighted by Gasteiger charge is 2.43. The van der Waals surface area contributed by atoms with Crippen molar-refractivity contribution in [1.29, 1.82) is 0 Å². The molecule has 3 heterocycles. The Kier molecular flexibility index (Phi) is 8.22. The van der Waals surface area contributed by atoms with Crippen LogP contribution in [0.15, 0.2) is 17.5 Å². The third-order valence-corrected chi connectivity index (χ3v) is 6.43. The predicted molar refractivity (Wildman–Crippen MR) is 117 cm³/mol. The summed E-state index contributed by atoms with van der Waals surface area (Å²) in [6, 6.07) is 4.10. The van der Waals surface area contributed by atoms with Crippen LogP contribution < -0.4 is 21.3 Å². The summed E-state index contributed by atoms with van der Waals surface area (Å²) in [5.41, 5.74) is 0. The molecule has 0 aromatic carbocycles. The van der Waals surface area contributed by atoms with Gasteiger partial charge in [-0.1, -0.05) is 6.07 Å². The Hall–Kier alpha value is -1.75. The van der Waals surface area contributed by atoms with Crippen LogP contribution in [0.4, 0.5) is 0 Å². The molecule has 0 aliphatic carbocycles. The zero-order valence-corrected chi connectivity index (χ0v) is 18.2. The molecular formula is C19H29N5O3S2. The van der Waals surface area contributed by atoms with Crippen LogP contribution in [0.3, 0.4) is 0 Å². The summed E-state index contributed by atoms with van der Waals surface area (Å²) in [6.07, 6.45) is 1.87. The molecule has 1 aromatic rings. The van der Waals surface area contributed by atoms with Crippen molar-refractivity contribution < 1.29 is 14.3 Å². The first-order valence-corrected chi connectivity index (χ1v) is 11.2. The summed E-state index contributed by atoms with van der Waals surface area (Å²) in [5.74, 6) is 0.107. The van der Waals surface area contributed by atoms with Gasteiger partial charge >= 0.3 is 0 Å². The van der Waals surface area contributed by atoms with Crippen LogP contribution in [0.25, 0.3) is 0 Å². The first kappa shape index (κ1) is 21.9. The van der Waals surface area contributed by atoms with E-state index in [0.717, 1.165) is 17.8 Å². The number of nitrogens with one attached hydrogen (secondary N) is 4.